The number of aromatic hydroxyl groups is 1. The summed E-state index contributed by atoms with van der Waals surface area (Å²) in [5.74, 6) is 0.305. The zero-order valence-corrected chi connectivity index (χ0v) is 8.85. The van der Waals surface area contributed by atoms with Gasteiger partial charge >= 0.3 is 0 Å². The van der Waals surface area contributed by atoms with Crippen molar-refractivity contribution >= 4 is 11.4 Å². The van der Waals surface area contributed by atoms with Gasteiger partial charge in [0.1, 0.15) is 5.75 Å². The third kappa shape index (κ3) is 2.45. The number of benzene rings is 2. The molecule has 3 nitrogen and oxygen atoms in total. The SMILES string of the molecule is Nc1cccc(NCc2ccccc2O)c1. The Morgan fingerprint density at radius 1 is 1.06 bits per heavy atom. The highest BCUT2D eigenvalue weighted by molar-refractivity contribution is 5.54. The summed E-state index contributed by atoms with van der Waals surface area (Å²) in [5, 5.41) is 12.8. The van der Waals surface area contributed by atoms with Crippen molar-refractivity contribution in [3.05, 3.63) is 54.1 Å². The van der Waals surface area contributed by atoms with E-state index < -0.39 is 0 Å². The molecule has 2 rings (SSSR count). The highest BCUT2D eigenvalue weighted by Crippen LogP contribution is 2.18. The van der Waals surface area contributed by atoms with Crippen LogP contribution in [0.3, 0.4) is 0 Å². The van der Waals surface area contributed by atoms with Gasteiger partial charge in [-0.1, -0.05) is 24.3 Å². The van der Waals surface area contributed by atoms with Crippen molar-refractivity contribution in [2.24, 2.45) is 0 Å². The summed E-state index contributed by atoms with van der Waals surface area (Å²) in [6, 6.07) is 14.8. The van der Waals surface area contributed by atoms with E-state index in [1.165, 1.54) is 0 Å². The average molecular weight is 214 g/mol. The van der Waals surface area contributed by atoms with Crippen LogP contribution in [0.15, 0.2) is 48.5 Å². The first kappa shape index (κ1) is 10.4. The van der Waals surface area contributed by atoms with Crippen molar-refractivity contribution in [2.75, 3.05) is 11.1 Å². The van der Waals surface area contributed by atoms with E-state index in [2.05, 4.69) is 5.32 Å². The molecule has 0 unspecified atom stereocenters. The molecule has 0 spiro atoms. The summed E-state index contributed by atoms with van der Waals surface area (Å²) in [7, 11) is 0. The maximum absolute atomic E-state index is 9.58. The van der Waals surface area contributed by atoms with Crippen LogP contribution in [0.25, 0.3) is 0 Å². The maximum Gasteiger partial charge on any atom is 0.120 e. The van der Waals surface area contributed by atoms with E-state index in [0.717, 1.165) is 16.9 Å². The Kier molecular flexibility index (Phi) is 2.96. The van der Waals surface area contributed by atoms with E-state index in [1.807, 2.05) is 36.4 Å². The third-order valence-corrected chi connectivity index (χ3v) is 2.36. The normalized spacial score (nSPS) is 10.0. The first-order chi connectivity index (χ1) is 7.75. The lowest BCUT2D eigenvalue weighted by atomic mass is 10.2. The third-order valence-electron chi connectivity index (χ3n) is 2.36. The lowest BCUT2D eigenvalue weighted by Crippen LogP contribution is -1.99. The number of rotatable bonds is 3. The van der Waals surface area contributed by atoms with Crippen LogP contribution in [0, 0.1) is 0 Å². The number of hydrogen-bond donors (Lipinski definition) is 3. The Hall–Kier alpha value is -2.16. The Morgan fingerprint density at radius 3 is 2.62 bits per heavy atom. The fourth-order valence-electron chi connectivity index (χ4n) is 1.51. The molecule has 0 saturated heterocycles. The number of para-hydroxylation sites is 1. The van der Waals surface area contributed by atoms with Crippen LogP contribution in [0.4, 0.5) is 11.4 Å². The molecule has 0 fully saturated rings. The Labute approximate surface area is 94.5 Å². The molecule has 0 aliphatic carbocycles. The summed E-state index contributed by atoms with van der Waals surface area (Å²) >= 11 is 0. The molecule has 16 heavy (non-hydrogen) atoms. The minimum Gasteiger partial charge on any atom is -0.508 e. The number of phenols is 1. The molecule has 0 heterocycles. The Morgan fingerprint density at radius 2 is 1.88 bits per heavy atom. The van der Waals surface area contributed by atoms with Crippen molar-refractivity contribution in [3.63, 3.8) is 0 Å². The van der Waals surface area contributed by atoms with Crippen molar-refractivity contribution < 1.29 is 5.11 Å². The topological polar surface area (TPSA) is 58.3 Å². The molecule has 0 aliphatic rings. The summed E-state index contributed by atoms with van der Waals surface area (Å²) in [6.45, 7) is 0.579. The highest BCUT2D eigenvalue weighted by Gasteiger charge is 1.99. The zero-order valence-electron chi connectivity index (χ0n) is 8.85. The van der Waals surface area contributed by atoms with Crippen LogP contribution < -0.4 is 11.1 Å². The minimum absolute atomic E-state index is 0.305. The van der Waals surface area contributed by atoms with Gasteiger partial charge in [-0.15, -0.1) is 0 Å². The summed E-state index contributed by atoms with van der Waals surface area (Å²) < 4.78 is 0. The second kappa shape index (κ2) is 4.57. The van der Waals surface area contributed by atoms with E-state index in [1.54, 1.807) is 12.1 Å². The zero-order chi connectivity index (χ0) is 11.4. The quantitative estimate of drug-likeness (QED) is 0.688. The van der Waals surface area contributed by atoms with Crippen LogP contribution >= 0.6 is 0 Å². The molecule has 4 N–H and O–H groups in total. The number of nitrogens with one attached hydrogen (secondary N) is 1. The van der Waals surface area contributed by atoms with Crippen LogP contribution in [0.5, 0.6) is 5.75 Å². The van der Waals surface area contributed by atoms with E-state index in [4.69, 9.17) is 5.73 Å². The van der Waals surface area contributed by atoms with E-state index in [9.17, 15) is 5.11 Å². The van der Waals surface area contributed by atoms with Gasteiger partial charge in [0.05, 0.1) is 0 Å². The predicted molar refractivity (Wildman–Crippen MR) is 66.3 cm³/mol. The van der Waals surface area contributed by atoms with Crippen LogP contribution in [0.1, 0.15) is 5.56 Å². The van der Waals surface area contributed by atoms with Crippen molar-refractivity contribution in [2.45, 2.75) is 6.54 Å². The molecule has 82 valence electrons. The monoisotopic (exact) mass is 214 g/mol. The van der Waals surface area contributed by atoms with Gasteiger partial charge in [0.2, 0.25) is 0 Å². The van der Waals surface area contributed by atoms with Crippen molar-refractivity contribution in [1.82, 2.24) is 0 Å². The summed E-state index contributed by atoms with van der Waals surface area (Å²) in [6.07, 6.45) is 0. The van der Waals surface area contributed by atoms with Gasteiger partial charge in [-0.05, 0) is 24.3 Å². The number of phenolic OH excluding ortho intramolecular Hbond substituents is 1. The van der Waals surface area contributed by atoms with Gasteiger partial charge in [0.25, 0.3) is 0 Å². The van der Waals surface area contributed by atoms with Crippen molar-refractivity contribution in [3.8, 4) is 5.75 Å². The molecule has 0 radical (unpaired) electrons. The van der Waals surface area contributed by atoms with Gasteiger partial charge in [0, 0.05) is 23.5 Å². The summed E-state index contributed by atoms with van der Waals surface area (Å²) in [5.41, 5.74) is 8.21. The van der Waals surface area contributed by atoms with Crippen molar-refractivity contribution in [1.29, 1.82) is 0 Å². The maximum atomic E-state index is 9.58. The van der Waals surface area contributed by atoms with Gasteiger partial charge in [-0.3, -0.25) is 0 Å². The first-order valence-corrected chi connectivity index (χ1v) is 5.12. The number of nitrogens with two attached hydrogens (primary N) is 1. The second-order valence-electron chi connectivity index (χ2n) is 3.61. The molecular weight excluding hydrogens is 200 g/mol. The fraction of sp³-hybridized carbons (Fsp3) is 0.0769. The number of hydrogen-bond acceptors (Lipinski definition) is 3. The molecule has 2 aromatic carbocycles. The molecule has 3 heteroatoms. The van der Waals surface area contributed by atoms with Gasteiger partial charge in [-0.25, -0.2) is 0 Å². The fourth-order valence-corrected chi connectivity index (χ4v) is 1.51. The second-order valence-corrected chi connectivity index (χ2v) is 3.61. The molecule has 0 atom stereocenters. The standard InChI is InChI=1S/C13H14N2O/c14-11-5-3-6-12(8-11)15-9-10-4-1-2-7-13(10)16/h1-8,15-16H,9,14H2. The summed E-state index contributed by atoms with van der Waals surface area (Å²) in [4.78, 5) is 0. The molecule has 0 aromatic heterocycles. The van der Waals surface area contributed by atoms with E-state index in [0.29, 0.717) is 12.3 Å². The van der Waals surface area contributed by atoms with E-state index in [-0.39, 0.29) is 0 Å². The van der Waals surface area contributed by atoms with Gasteiger partial charge in [0.15, 0.2) is 0 Å². The van der Waals surface area contributed by atoms with Crippen LogP contribution in [-0.4, -0.2) is 5.11 Å². The largest absolute Gasteiger partial charge is 0.508 e. The van der Waals surface area contributed by atoms with Crippen LogP contribution in [0.2, 0.25) is 0 Å². The van der Waals surface area contributed by atoms with Gasteiger partial charge < -0.3 is 16.2 Å². The van der Waals surface area contributed by atoms with Crippen LogP contribution in [-0.2, 0) is 6.54 Å². The number of nitrogen functional groups attached to an aromatic ring is 1. The molecule has 0 amide bonds. The molecular formula is C13H14N2O. The molecule has 0 saturated carbocycles. The molecule has 2 aromatic rings. The molecule has 0 bridgehead atoms. The average Bonchev–Trinajstić information content (AvgIpc) is 2.28. The number of anilines is 2. The smallest absolute Gasteiger partial charge is 0.120 e. The predicted octanol–water partition coefficient (Wildman–Crippen LogP) is 2.59. The lowest BCUT2D eigenvalue weighted by molar-refractivity contribution is 0.469. The van der Waals surface area contributed by atoms with E-state index >= 15 is 0 Å². The minimum atomic E-state index is 0.305. The first-order valence-electron chi connectivity index (χ1n) is 5.12. The lowest BCUT2D eigenvalue weighted by Gasteiger charge is -2.08. The molecule has 0 aliphatic heterocycles. The highest BCUT2D eigenvalue weighted by atomic mass is 16.3. The Balaban J connectivity index is 2.05. The Bertz CT molecular complexity index is 483. The van der Waals surface area contributed by atoms with Gasteiger partial charge in [-0.2, -0.15) is 0 Å².